The van der Waals surface area contributed by atoms with Crippen molar-refractivity contribution in [3.8, 4) is 0 Å². The number of nitrogens with two attached hydrogens (primary N) is 1. The number of nitrogens with zero attached hydrogens (tertiary/aromatic N) is 2. The van der Waals surface area contributed by atoms with Gasteiger partial charge in [0.15, 0.2) is 0 Å². The van der Waals surface area contributed by atoms with Gasteiger partial charge in [0.05, 0.1) is 17.6 Å². The van der Waals surface area contributed by atoms with Crippen LogP contribution in [0.15, 0.2) is 18.2 Å². The van der Waals surface area contributed by atoms with Gasteiger partial charge in [-0.1, -0.05) is 0 Å². The highest BCUT2D eigenvalue weighted by molar-refractivity contribution is 5.78. The number of aromatic nitrogens is 2. The van der Waals surface area contributed by atoms with Crippen LogP contribution >= 0.6 is 0 Å². The maximum absolute atomic E-state index is 13.2. The van der Waals surface area contributed by atoms with Crippen LogP contribution in [0.3, 0.4) is 0 Å². The summed E-state index contributed by atoms with van der Waals surface area (Å²) in [7, 11) is 0. The zero-order valence-electron chi connectivity index (χ0n) is 10.7. The number of benzene rings is 1. The van der Waals surface area contributed by atoms with E-state index < -0.39 is 0 Å². The van der Waals surface area contributed by atoms with Crippen molar-refractivity contribution in [2.45, 2.75) is 26.3 Å². The number of hydrogen-bond acceptors (Lipinski definition) is 4. The molecule has 2 N–H and O–H groups in total. The average Bonchev–Trinajstić information content (AvgIpc) is 2.66. The Morgan fingerprint density at radius 2 is 2.32 bits per heavy atom. The van der Waals surface area contributed by atoms with Crippen molar-refractivity contribution in [1.82, 2.24) is 9.55 Å². The van der Waals surface area contributed by atoms with Gasteiger partial charge in [-0.3, -0.25) is 4.79 Å². The number of nitrogen functional groups attached to an aromatic ring is 1. The molecule has 6 heteroatoms. The molecule has 1 aromatic carbocycles. The molecule has 2 rings (SSSR count). The van der Waals surface area contributed by atoms with Crippen LogP contribution in [-0.2, 0) is 16.1 Å². The Morgan fingerprint density at radius 3 is 3.05 bits per heavy atom. The van der Waals surface area contributed by atoms with E-state index in [4.69, 9.17) is 10.5 Å². The number of halogens is 1. The molecule has 0 aliphatic heterocycles. The van der Waals surface area contributed by atoms with Gasteiger partial charge in [0.25, 0.3) is 0 Å². The first-order chi connectivity index (χ1) is 9.11. The van der Waals surface area contributed by atoms with Crippen molar-refractivity contribution < 1.29 is 13.9 Å². The van der Waals surface area contributed by atoms with Crippen molar-refractivity contribution in [2.24, 2.45) is 0 Å². The molecule has 1 aromatic heterocycles. The van der Waals surface area contributed by atoms with Crippen LogP contribution < -0.4 is 5.73 Å². The molecule has 0 aliphatic carbocycles. The molecule has 0 atom stereocenters. The Balaban J connectivity index is 2.09. The van der Waals surface area contributed by atoms with E-state index in [9.17, 15) is 9.18 Å². The minimum Gasteiger partial charge on any atom is -0.466 e. The predicted octanol–water partition coefficient (Wildman–Crippen LogP) is 2.10. The van der Waals surface area contributed by atoms with Crippen molar-refractivity contribution in [1.29, 1.82) is 0 Å². The zero-order chi connectivity index (χ0) is 13.8. The largest absolute Gasteiger partial charge is 0.466 e. The molecule has 0 bridgehead atoms. The Labute approximate surface area is 110 Å². The lowest BCUT2D eigenvalue weighted by Crippen LogP contribution is -2.08. The van der Waals surface area contributed by atoms with E-state index in [0.717, 1.165) is 0 Å². The van der Waals surface area contributed by atoms with Crippen molar-refractivity contribution >= 4 is 23.0 Å². The number of esters is 1. The summed E-state index contributed by atoms with van der Waals surface area (Å²) in [6, 6.07) is 4.32. The maximum atomic E-state index is 13.2. The Bertz CT molecular complexity index is 595. The molecule has 19 heavy (non-hydrogen) atoms. The summed E-state index contributed by atoms with van der Waals surface area (Å²) in [6.45, 7) is 2.65. The lowest BCUT2D eigenvalue weighted by molar-refractivity contribution is -0.143. The molecule has 0 saturated carbocycles. The van der Waals surface area contributed by atoms with E-state index in [0.29, 0.717) is 43.0 Å². The molecule has 0 radical (unpaired) electrons. The third-order valence-electron chi connectivity index (χ3n) is 2.81. The molecule has 0 amide bonds. The second kappa shape index (κ2) is 5.69. The van der Waals surface area contributed by atoms with Gasteiger partial charge in [0, 0.05) is 13.0 Å². The first-order valence-electron chi connectivity index (χ1n) is 6.18. The second-order valence-electron chi connectivity index (χ2n) is 4.16. The molecule has 2 aromatic rings. The van der Waals surface area contributed by atoms with Crippen LogP contribution in [0.1, 0.15) is 19.8 Å². The average molecular weight is 265 g/mol. The number of aryl methyl sites for hydroxylation is 1. The van der Waals surface area contributed by atoms with Gasteiger partial charge < -0.3 is 15.0 Å². The topological polar surface area (TPSA) is 70.1 Å². The van der Waals surface area contributed by atoms with E-state index in [1.807, 2.05) is 0 Å². The smallest absolute Gasteiger partial charge is 0.305 e. The van der Waals surface area contributed by atoms with Gasteiger partial charge in [-0.25, -0.2) is 9.37 Å². The number of fused-ring (bicyclic) bond motifs is 1. The van der Waals surface area contributed by atoms with Gasteiger partial charge in [-0.15, -0.1) is 0 Å². The van der Waals surface area contributed by atoms with Crippen molar-refractivity contribution in [2.75, 3.05) is 12.3 Å². The number of hydrogen-bond donors (Lipinski definition) is 1. The summed E-state index contributed by atoms with van der Waals surface area (Å²) in [5.41, 5.74) is 7.08. The fourth-order valence-corrected chi connectivity index (χ4v) is 1.96. The van der Waals surface area contributed by atoms with E-state index >= 15 is 0 Å². The van der Waals surface area contributed by atoms with Crippen LogP contribution in [-0.4, -0.2) is 22.1 Å². The van der Waals surface area contributed by atoms with Gasteiger partial charge in [-0.05, 0) is 31.5 Å². The van der Waals surface area contributed by atoms with Crippen molar-refractivity contribution in [3.63, 3.8) is 0 Å². The van der Waals surface area contributed by atoms with Gasteiger partial charge in [0.2, 0.25) is 5.95 Å². The van der Waals surface area contributed by atoms with Crippen molar-refractivity contribution in [3.05, 3.63) is 24.0 Å². The molecule has 0 spiro atoms. The van der Waals surface area contributed by atoms with Gasteiger partial charge >= 0.3 is 5.97 Å². The minimum absolute atomic E-state index is 0.239. The highest BCUT2D eigenvalue weighted by Crippen LogP contribution is 2.19. The Morgan fingerprint density at radius 1 is 1.53 bits per heavy atom. The molecule has 5 nitrogen and oxygen atoms in total. The standard InChI is InChI=1S/C13H16FN3O2/c1-2-19-12(18)4-3-7-17-11-8-9(14)5-6-10(11)16-13(17)15/h5-6,8H,2-4,7H2,1H3,(H2,15,16). The molecule has 102 valence electrons. The number of rotatable bonds is 5. The third-order valence-corrected chi connectivity index (χ3v) is 2.81. The highest BCUT2D eigenvalue weighted by atomic mass is 19.1. The molecule has 0 saturated heterocycles. The molecular formula is C13H16FN3O2. The fraction of sp³-hybridized carbons (Fsp3) is 0.385. The summed E-state index contributed by atoms with van der Waals surface area (Å²) < 4.78 is 19.8. The van der Waals surface area contributed by atoms with E-state index in [-0.39, 0.29) is 11.8 Å². The minimum atomic E-state index is -0.334. The zero-order valence-corrected chi connectivity index (χ0v) is 10.7. The summed E-state index contributed by atoms with van der Waals surface area (Å²) >= 11 is 0. The number of anilines is 1. The van der Waals surface area contributed by atoms with Gasteiger partial charge in [0.1, 0.15) is 5.82 Å². The van der Waals surface area contributed by atoms with E-state index in [2.05, 4.69) is 4.98 Å². The summed E-state index contributed by atoms with van der Waals surface area (Å²) in [4.78, 5) is 15.4. The highest BCUT2D eigenvalue weighted by Gasteiger charge is 2.09. The SMILES string of the molecule is CCOC(=O)CCCn1c(N)nc2ccc(F)cc21. The van der Waals surface area contributed by atoms with E-state index in [1.54, 1.807) is 17.6 Å². The summed E-state index contributed by atoms with van der Waals surface area (Å²) in [5.74, 6) is -0.250. The van der Waals surface area contributed by atoms with Crippen LogP contribution in [0.5, 0.6) is 0 Å². The third kappa shape index (κ3) is 3.01. The Hall–Kier alpha value is -2.11. The normalized spacial score (nSPS) is 10.8. The lowest BCUT2D eigenvalue weighted by atomic mass is 10.3. The molecule has 0 aliphatic rings. The fourth-order valence-electron chi connectivity index (χ4n) is 1.96. The number of ether oxygens (including phenoxy) is 1. The molecular weight excluding hydrogens is 249 g/mol. The predicted molar refractivity (Wildman–Crippen MR) is 70.0 cm³/mol. The summed E-state index contributed by atoms with van der Waals surface area (Å²) in [6.07, 6.45) is 0.882. The second-order valence-corrected chi connectivity index (χ2v) is 4.16. The monoisotopic (exact) mass is 265 g/mol. The number of carbonyl (C=O) groups excluding carboxylic acids is 1. The van der Waals surface area contributed by atoms with Crippen LogP contribution in [0.25, 0.3) is 11.0 Å². The lowest BCUT2D eigenvalue weighted by Gasteiger charge is -2.06. The Kier molecular flexibility index (Phi) is 3.99. The number of carbonyl (C=O) groups is 1. The molecule has 1 heterocycles. The number of imidazole rings is 1. The van der Waals surface area contributed by atoms with Crippen LogP contribution in [0.4, 0.5) is 10.3 Å². The maximum Gasteiger partial charge on any atom is 0.305 e. The van der Waals surface area contributed by atoms with E-state index in [1.165, 1.54) is 12.1 Å². The quantitative estimate of drug-likeness (QED) is 0.840. The first kappa shape index (κ1) is 13.3. The summed E-state index contributed by atoms with van der Waals surface area (Å²) in [5, 5.41) is 0. The van der Waals surface area contributed by atoms with Crippen LogP contribution in [0.2, 0.25) is 0 Å². The van der Waals surface area contributed by atoms with Gasteiger partial charge in [-0.2, -0.15) is 0 Å². The molecule has 0 fully saturated rings. The first-order valence-corrected chi connectivity index (χ1v) is 6.18. The van der Waals surface area contributed by atoms with Crippen LogP contribution in [0, 0.1) is 5.82 Å². The molecule has 0 unspecified atom stereocenters.